The smallest absolute Gasteiger partial charge is 0.0892 e. The standard InChI is InChI=1S/C11H22O/c1-4-5-6-7-8-9-10-11(2,3)12-10/h10H,4-9H2,1-3H3. The van der Waals surface area contributed by atoms with Crippen LogP contribution in [0.3, 0.4) is 0 Å². The lowest BCUT2D eigenvalue weighted by atomic mass is 10.0. The topological polar surface area (TPSA) is 12.5 Å². The van der Waals surface area contributed by atoms with Crippen LogP contribution in [0.15, 0.2) is 0 Å². The maximum atomic E-state index is 5.51. The molecule has 1 heterocycles. The monoisotopic (exact) mass is 170 g/mol. The van der Waals surface area contributed by atoms with Gasteiger partial charge < -0.3 is 4.74 Å². The fourth-order valence-corrected chi connectivity index (χ4v) is 1.67. The van der Waals surface area contributed by atoms with E-state index in [-0.39, 0.29) is 5.60 Å². The summed E-state index contributed by atoms with van der Waals surface area (Å²) in [6.07, 6.45) is 8.73. The van der Waals surface area contributed by atoms with E-state index in [4.69, 9.17) is 4.74 Å². The minimum absolute atomic E-state index is 0.213. The van der Waals surface area contributed by atoms with Crippen molar-refractivity contribution in [2.45, 2.75) is 71.0 Å². The van der Waals surface area contributed by atoms with Crippen molar-refractivity contribution in [2.24, 2.45) is 0 Å². The van der Waals surface area contributed by atoms with Gasteiger partial charge in [-0.25, -0.2) is 0 Å². The summed E-state index contributed by atoms with van der Waals surface area (Å²) in [6, 6.07) is 0. The highest BCUT2D eigenvalue weighted by Crippen LogP contribution is 2.38. The molecule has 0 spiro atoms. The van der Waals surface area contributed by atoms with Gasteiger partial charge in [-0.1, -0.05) is 39.0 Å². The van der Waals surface area contributed by atoms with Gasteiger partial charge in [0.15, 0.2) is 0 Å². The van der Waals surface area contributed by atoms with E-state index in [9.17, 15) is 0 Å². The molecule has 0 bridgehead atoms. The van der Waals surface area contributed by atoms with E-state index in [0.29, 0.717) is 6.10 Å². The molecule has 0 aromatic carbocycles. The maximum absolute atomic E-state index is 5.51. The summed E-state index contributed by atoms with van der Waals surface area (Å²) in [6.45, 7) is 6.63. The van der Waals surface area contributed by atoms with Gasteiger partial charge in [0.1, 0.15) is 0 Å². The molecule has 0 aromatic rings. The number of rotatable bonds is 6. The van der Waals surface area contributed by atoms with E-state index < -0.39 is 0 Å². The van der Waals surface area contributed by atoms with E-state index >= 15 is 0 Å². The minimum atomic E-state index is 0.213. The molecule has 1 unspecified atom stereocenters. The van der Waals surface area contributed by atoms with Gasteiger partial charge in [0, 0.05) is 0 Å². The third-order valence-electron chi connectivity index (χ3n) is 2.73. The zero-order valence-corrected chi connectivity index (χ0v) is 8.73. The van der Waals surface area contributed by atoms with Crippen LogP contribution in [-0.2, 0) is 4.74 Å². The van der Waals surface area contributed by atoms with Crippen molar-refractivity contribution in [1.29, 1.82) is 0 Å². The summed E-state index contributed by atoms with van der Waals surface area (Å²) in [5, 5.41) is 0. The Bertz CT molecular complexity index is 129. The quantitative estimate of drug-likeness (QED) is 0.439. The summed E-state index contributed by atoms with van der Waals surface area (Å²) < 4.78 is 5.51. The Morgan fingerprint density at radius 1 is 1.08 bits per heavy atom. The van der Waals surface area contributed by atoms with E-state index in [2.05, 4.69) is 20.8 Å². The number of hydrogen-bond donors (Lipinski definition) is 0. The van der Waals surface area contributed by atoms with Crippen LogP contribution < -0.4 is 0 Å². The van der Waals surface area contributed by atoms with Gasteiger partial charge in [0.25, 0.3) is 0 Å². The first-order valence-corrected chi connectivity index (χ1v) is 5.34. The lowest BCUT2D eigenvalue weighted by Crippen LogP contribution is -2.02. The van der Waals surface area contributed by atoms with Gasteiger partial charge in [-0.2, -0.15) is 0 Å². The molecule has 1 atom stereocenters. The molecule has 0 saturated carbocycles. The van der Waals surface area contributed by atoms with Crippen molar-refractivity contribution < 1.29 is 4.74 Å². The largest absolute Gasteiger partial charge is 0.367 e. The molecule has 1 nitrogen and oxygen atoms in total. The summed E-state index contributed by atoms with van der Waals surface area (Å²) in [5.74, 6) is 0. The maximum Gasteiger partial charge on any atom is 0.0892 e. The summed E-state index contributed by atoms with van der Waals surface area (Å²) in [7, 11) is 0. The van der Waals surface area contributed by atoms with Crippen LogP contribution in [0.5, 0.6) is 0 Å². The third-order valence-corrected chi connectivity index (χ3v) is 2.73. The number of hydrogen-bond acceptors (Lipinski definition) is 1. The molecular weight excluding hydrogens is 148 g/mol. The molecule has 12 heavy (non-hydrogen) atoms. The average Bonchev–Trinajstić information content (AvgIpc) is 2.59. The van der Waals surface area contributed by atoms with Crippen molar-refractivity contribution in [3.8, 4) is 0 Å². The summed E-state index contributed by atoms with van der Waals surface area (Å²) in [4.78, 5) is 0. The van der Waals surface area contributed by atoms with Gasteiger partial charge in [-0.15, -0.1) is 0 Å². The normalized spacial score (nSPS) is 25.8. The van der Waals surface area contributed by atoms with Crippen LogP contribution in [-0.4, -0.2) is 11.7 Å². The molecule has 0 aliphatic carbocycles. The molecule has 0 amide bonds. The highest BCUT2D eigenvalue weighted by Gasteiger charge is 2.46. The summed E-state index contributed by atoms with van der Waals surface area (Å²) in [5.41, 5.74) is 0.213. The first-order chi connectivity index (χ1) is 5.67. The Kier molecular flexibility index (Phi) is 3.57. The first kappa shape index (κ1) is 10.0. The van der Waals surface area contributed by atoms with E-state index in [1.54, 1.807) is 0 Å². The molecule has 72 valence electrons. The Labute approximate surface area is 76.5 Å². The van der Waals surface area contributed by atoms with Crippen LogP contribution in [0.25, 0.3) is 0 Å². The highest BCUT2D eigenvalue weighted by molar-refractivity contribution is 4.94. The van der Waals surface area contributed by atoms with Crippen LogP contribution >= 0.6 is 0 Å². The lowest BCUT2D eigenvalue weighted by Gasteiger charge is -1.98. The van der Waals surface area contributed by atoms with E-state index in [0.717, 1.165) is 0 Å². The Morgan fingerprint density at radius 2 is 1.67 bits per heavy atom. The third kappa shape index (κ3) is 3.14. The predicted molar refractivity (Wildman–Crippen MR) is 52.3 cm³/mol. The average molecular weight is 170 g/mol. The van der Waals surface area contributed by atoms with Crippen LogP contribution in [0.2, 0.25) is 0 Å². The second-order valence-electron chi connectivity index (χ2n) is 4.41. The van der Waals surface area contributed by atoms with Gasteiger partial charge in [0.05, 0.1) is 11.7 Å². The Morgan fingerprint density at radius 3 is 2.17 bits per heavy atom. The van der Waals surface area contributed by atoms with E-state index in [1.807, 2.05) is 0 Å². The van der Waals surface area contributed by atoms with Gasteiger partial charge >= 0.3 is 0 Å². The van der Waals surface area contributed by atoms with Crippen molar-refractivity contribution in [3.63, 3.8) is 0 Å². The first-order valence-electron chi connectivity index (χ1n) is 5.34. The number of ether oxygens (including phenoxy) is 1. The fraction of sp³-hybridized carbons (Fsp3) is 1.00. The van der Waals surface area contributed by atoms with Crippen molar-refractivity contribution >= 4 is 0 Å². The number of epoxide rings is 1. The molecule has 0 N–H and O–H groups in total. The molecule has 0 radical (unpaired) electrons. The molecule has 1 rings (SSSR count). The zero-order chi connectivity index (χ0) is 9.03. The van der Waals surface area contributed by atoms with E-state index in [1.165, 1.54) is 38.5 Å². The van der Waals surface area contributed by atoms with Crippen LogP contribution in [0.4, 0.5) is 0 Å². The van der Waals surface area contributed by atoms with Crippen molar-refractivity contribution in [1.82, 2.24) is 0 Å². The predicted octanol–water partition coefficient (Wildman–Crippen LogP) is 3.52. The molecule has 0 aromatic heterocycles. The van der Waals surface area contributed by atoms with Crippen molar-refractivity contribution in [2.75, 3.05) is 0 Å². The molecular formula is C11H22O. The summed E-state index contributed by atoms with van der Waals surface area (Å²) >= 11 is 0. The SMILES string of the molecule is CCCCCCCC1OC1(C)C. The zero-order valence-electron chi connectivity index (χ0n) is 8.73. The lowest BCUT2D eigenvalue weighted by molar-refractivity contribution is 0.318. The molecule has 1 heteroatoms. The molecule has 1 saturated heterocycles. The second kappa shape index (κ2) is 4.27. The Hall–Kier alpha value is -0.0400. The fourth-order valence-electron chi connectivity index (χ4n) is 1.67. The highest BCUT2D eigenvalue weighted by atomic mass is 16.6. The second-order valence-corrected chi connectivity index (χ2v) is 4.41. The van der Waals surface area contributed by atoms with Crippen LogP contribution in [0.1, 0.15) is 59.3 Å². The molecule has 1 aliphatic heterocycles. The Balaban J connectivity index is 1.85. The van der Waals surface area contributed by atoms with Gasteiger partial charge in [0.2, 0.25) is 0 Å². The van der Waals surface area contributed by atoms with Gasteiger partial charge in [-0.05, 0) is 20.3 Å². The van der Waals surface area contributed by atoms with Gasteiger partial charge in [-0.3, -0.25) is 0 Å². The molecule has 1 aliphatic rings. The van der Waals surface area contributed by atoms with Crippen molar-refractivity contribution in [3.05, 3.63) is 0 Å². The van der Waals surface area contributed by atoms with Crippen LogP contribution in [0, 0.1) is 0 Å². The molecule has 1 fully saturated rings. The minimum Gasteiger partial charge on any atom is -0.367 e. The number of unbranched alkanes of at least 4 members (excludes halogenated alkanes) is 4.